The Hall–Kier alpha value is -0.480. The fourth-order valence-corrected chi connectivity index (χ4v) is 2.16. The third-order valence-electron chi connectivity index (χ3n) is 3.10. The molecule has 0 bridgehead atoms. The Bertz CT molecular complexity index is 390. The molecule has 2 N–H and O–H groups in total. The van der Waals surface area contributed by atoms with E-state index in [0.717, 1.165) is 11.3 Å². The molecule has 0 aliphatic carbocycles. The van der Waals surface area contributed by atoms with Crippen molar-refractivity contribution >= 4 is 28.9 Å². The Balaban J connectivity index is 2.04. The van der Waals surface area contributed by atoms with Crippen molar-refractivity contribution in [1.82, 2.24) is 0 Å². The fraction of sp³-hybridized carbons (Fsp3) is 0.500. The van der Waals surface area contributed by atoms with Crippen LogP contribution >= 0.6 is 23.2 Å². The average molecular weight is 276 g/mol. The van der Waals surface area contributed by atoms with Crippen molar-refractivity contribution in [2.24, 2.45) is 5.41 Å². The fourth-order valence-electron chi connectivity index (χ4n) is 1.68. The van der Waals surface area contributed by atoms with Gasteiger partial charge >= 0.3 is 0 Å². The maximum absolute atomic E-state index is 9.30. The molecule has 1 fully saturated rings. The molecule has 0 amide bonds. The van der Waals surface area contributed by atoms with Crippen LogP contribution in [0.25, 0.3) is 0 Å². The summed E-state index contributed by atoms with van der Waals surface area (Å²) >= 11 is 12.1. The first-order chi connectivity index (χ1) is 8.06. The van der Waals surface area contributed by atoms with E-state index in [9.17, 15) is 5.11 Å². The van der Waals surface area contributed by atoms with Crippen LogP contribution < -0.4 is 5.32 Å². The summed E-state index contributed by atoms with van der Waals surface area (Å²) in [6, 6.07) is 3.68. The minimum Gasteiger partial charge on any atom is -0.396 e. The average Bonchev–Trinajstić information content (AvgIpc) is 2.25. The second-order valence-electron chi connectivity index (χ2n) is 4.57. The molecule has 1 aromatic carbocycles. The van der Waals surface area contributed by atoms with Gasteiger partial charge in [0.05, 0.1) is 25.2 Å². The standard InChI is InChI=1S/C12H15Cl2NO2/c1-8-10(13)2-9(3-11(8)14)15-4-12(5-16)6-17-7-12/h2-3,15-16H,4-7H2,1H3. The van der Waals surface area contributed by atoms with Gasteiger partial charge in [-0.25, -0.2) is 0 Å². The van der Waals surface area contributed by atoms with Crippen LogP contribution in [0.5, 0.6) is 0 Å². The molecular weight excluding hydrogens is 261 g/mol. The topological polar surface area (TPSA) is 41.5 Å². The van der Waals surface area contributed by atoms with Crippen molar-refractivity contribution in [3.05, 3.63) is 27.7 Å². The number of hydrogen-bond donors (Lipinski definition) is 2. The second kappa shape index (κ2) is 5.02. The number of benzene rings is 1. The van der Waals surface area contributed by atoms with E-state index in [0.29, 0.717) is 29.8 Å². The highest BCUT2D eigenvalue weighted by atomic mass is 35.5. The van der Waals surface area contributed by atoms with E-state index in [1.165, 1.54) is 0 Å². The maximum atomic E-state index is 9.30. The largest absolute Gasteiger partial charge is 0.396 e. The van der Waals surface area contributed by atoms with Crippen molar-refractivity contribution in [3.63, 3.8) is 0 Å². The molecule has 0 radical (unpaired) electrons. The molecule has 1 aromatic rings. The zero-order valence-electron chi connectivity index (χ0n) is 9.59. The van der Waals surface area contributed by atoms with Crippen LogP contribution in [0.15, 0.2) is 12.1 Å². The van der Waals surface area contributed by atoms with Gasteiger partial charge in [-0.2, -0.15) is 0 Å². The second-order valence-corrected chi connectivity index (χ2v) is 5.38. The predicted molar refractivity (Wildman–Crippen MR) is 70.0 cm³/mol. The van der Waals surface area contributed by atoms with Crippen LogP contribution in [0, 0.1) is 12.3 Å². The van der Waals surface area contributed by atoms with Crippen LogP contribution in [0.4, 0.5) is 5.69 Å². The van der Waals surface area contributed by atoms with Gasteiger partial charge in [0.1, 0.15) is 0 Å². The van der Waals surface area contributed by atoms with Gasteiger partial charge in [-0.05, 0) is 24.6 Å². The third kappa shape index (κ3) is 2.68. The first-order valence-corrected chi connectivity index (χ1v) is 6.20. The predicted octanol–water partition coefficient (Wildman–Crippen LogP) is 2.72. The highest BCUT2D eigenvalue weighted by Gasteiger charge is 2.37. The summed E-state index contributed by atoms with van der Waals surface area (Å²) in [5.41, 5.74) is 1.58. The number of aliphatic hydroxyl groups excluding tert-OH is 1. The summed E-state index contributed by atoms with van der Waals surface area (Å²) < 4.78 is 5.13. The number of anilines is 1. The lowest BCUT2D eigenvalue weighted by Crippen LogP contribution is -2.50. The third-order valence-corrected chi connectivity index (χ3v) is 3.89. The lowest BCUT2D eigenvalue weighted by atomic mass is 9.87. The van der Waals surface area contributed by atoms with Gasteiger partial charge in [-0.1, -0.05) is 23.2 Å². The molecule has 2 rings (SSSR count). The Morgan fingerprint density at radius 3 is 2.35 bits per heavy atom. The summed E-state index contributed by atoms with van der Waals surface area (Å²) in [6.45, 7) is 3.82. The molecule has 1 heterocycles. The van der Waals surface area contributed by atoms with Crippen molar-refractivity contribution in [2.45, 2.75) is 6.92 Å². The zero-order valence-corrected chi connectivity index (χ0v) is 11.1. The molecule has 1 saturated heterocycles. The molecule has 0 atom stereocenters. The molecule has 0 saturated carbocycles. The molecule has 5 heteroatoms. The molecular formula is C12H15Cl2NO2. The number of rotatable bonds is 4. The summed E-state index contributed by atoms with van der Waals surface area (Å²) in [4.78, 5) is 0. The molecule has 0 spiro atoms. The number of halogens is 2. The van der Waals surface area contributed by atoms with Crippen LogP contribution in [-0.4, -0.2) is 31.5 Å². The van der Waals surface area contributed by atoms with Gasteiger partial charge in [0.15, 0.2) is 0 Å². The highest BCUT2D eigenvalue weighted by Crippen LogP contribution is 2.30. The molecule has 0 unspecified atom stereocenters. The molecule has 17 heavy (non-hydrogen) atoms. The van der Waals surface area contributed by atoms with Crippen molar-refractivity contribution in [3.8, 4) is 0 Å². The van der Waals surface area contributed by atoms with Gasteiger partial charge in [0, 0.05) is 22.3 Å². The smallest absolute Gasteiger partial charge is 0.0584 e. The summed E-state index contributed by atoms with van der Waals surface area (Å²) in [5.74, 6) is 0. The lowest BCUT2D eigenvalue weighted by molar-refractivity contribution is -0.128. The monoisotopic (exact) mass is 275 g/mol. The van der Waals surface area contributed by atoms with E-state index in [4.69, 9.17) is 27.9 Å². The first-order valence-electron chi connectivity index (χ1n) is 5.44. The zero-order chi connectivity index (χ0) is 12.5. The normalized spacial score (nSPS) is 17.6. The number of aliphatic hydroxyl groups is 1. The van der Waals surface area contributed by atoms with Gasteiger partial charge < -0.3 is 15.2 Å². The van der Waals surface area contributed by atoms with E-state index < -0.39 is 0 Å². The van der Waals surface area contributed by atoms with Gasteiger partial charge in [-0.3, -0.25) is 0 Å². The molecule has 0 aromatic heterocycles. The SMILES string of the molecule is Cc1c(Cl)cc(NCC2(CO)COC2)cc1Cl. The minimum atomic E-state index is -0.163. The molecule has 1 aliphatic heterocycles. The van der Waals surface area contributed by atoms with Crippen molar-refractivity contribution < 1.29 is 9.84 Å². The van der Waals surface area contributed by atoms with E-state index in [2.05, 4.69) is 5.32 Å². The first kappa shape index (κ1) is 13.0. The van der Waals surface area contributed by atoms with E-state index >= 15 is 0 Å². The quantitative estimate of drug-likeness (QED) is 0.888. The van der Waals surface area contributed by atoms with Crippen LogP contribution in [0.2, 0.25) is 10.0 Å². The van der Waals surface area contributed by atoms with E-state index in [1.807, 2.05) is 19.1 Å². The summed E-state index contributed by atoms with van der Waals surface area (Å²) in [6.07, 6.45) is 0. The lowest BCUT2D eigenvalue weighted by Gasteiger charge is -2.40. The van der Waals surface area contributed by atoms with Gasteiger partial charge in [0.25, 0.3) is 0 Å². The molecule has 3 nitrogen and oxygen atoms in total. The van der Waals surface area contributed by atoms with Crippen molar-refractivity contribution in [2.75, 3.05) is 31.7 Å². The minimum absolute atomic E-state index is 0.118. The number of nitrogens with one attached hydrogen (secondary N) is 1. The Labute approximate surface area is 111 Å². The number of hydrogen-bond acceptors (Lipinski definition) is 3. The maximum Gasteiger partial charge on any atom is 0.0584 e. The van der Waals surface area contributed by atoms with Crippen molar-refractivity contribution in [1.29, 1.82) is 0 Å². The van der Waals surface area contributed by atoms with E-state index in [-0.39, 0.29) is 12.0 Å². The Morgan fingerprint density at radius 2 is 1.94 bits per heavy atom. The van der Waals surface area contributed by atoms with Crippen LogP contribution in [0.1, 0.15) is 5.56 Å². The highest BCUT2D eigenvalue weighted by molar-refractivity contribution is 6.36. The number of ether oxygens (including phenoxy) is 1. The summed E-state index contributed by atoms with van der Waals surface area (Å²) in [7, 11) is 0. The summed E-state index contributed by atoms with van der Waals surface area (Å²) in [5, 5.41) is 13.8. The van der Waals surface area contributed by atoms with Crippen LogP contribution in [0.3, 0.4) is 0 Å². The van der Waals surface area contributed by atoms with Gasteiger partial charge in [0.2, 0.25) is 0 Å². The molecule has 94 valence electrons. The van der Waals surface area contributed by atoms with Gasteiger partial charge in [-0.15, -0.1) is 0 Å². The molecule has 1 aliphatic rings. The van der Waals surface area contributed by atoms with E-state index in [1.54, 1.807) is 0 Å². The Kier molecular flexibility index (Phi) is 3.83. The Morgan fingerprint density at radius 1 is 1.35 bits per heavy atom. The van der Waals surface area contributed by atoms with Crippen LogP contribution in [-0.2, 0) is 4.74 Å².